The number of hydrogen-bond acceptors (Lipinski definition) is 4. The molecule has 1 aromatic heterocycles. The van der Waals surface area contributed by atoms with Crippen LogP contribution in [0.25, 0.3) is 0 Å². The molecule has 0 amide bonds. The molecule has 1 fully saturated rings. The highest BCUT2D eigenvalue weighted by Crippen LogP contribution is 2.19. The fourth-order valence-electron chi connectivity index (χ4n) is 2.38. The van der Waals surface area contributed by atoms with Gasteiger partial charge in [0, 0.05) is 24.5 Å². The predicted octanol–water partition coefficient (Wildman–Crippen LogP) is 2.14. The van der Waals surface area contributed by atoms with E-state index in [-0.39, 0.29) is 30.5 Å². The van der Waals surface area contributed by atoms with Gasteiger partial charge in [-0.25, -0.2) is 13.1 Å². The Bertz CT molecular complexity index is 608. The molecule has 9 heteroatoms. The van der Waals surface area contributed by atoms with Crippen LogP contribution in [0.15, 0.2) is 21.3 Å². The zero-order chi connectivity index (χ0) is 16.0. The number of halogens is 1. The van der Waals surface area contributed by atoms with E-state index in [9.17, 15) is 8.42 Å². The maximum Gasteiger partial charge on any atom is 0.250 e. The molecular formula is C14H25IN4O2S2. The highest BCUT2D eigenvalue weighted by molar-refractivity contribution is 14.0. The Hall–Kier alpha value is -0.390. The number of aliphatic imine (C=N–C) groups is 1. The summed E-state index contributed by atoms with van der Waals surface area (Å²) in [5, 5.41) is 0. The molecule has 0 atom stereocenters. The second kappa shape index (κ2) is 9.80. The first-order valence-electron chi connectivity index (χ1n) is 7.60. The van der Waals surface area contributed by atoms with Gasteiger partial charge in [0.25, 0.3) is 0 Å². The molecule has 1 saturated heterocycles. The Morgan fingerprint density at radius 3 is 2.52 bits per heavy atom. The lowest BCUT2D eigenvalue weighted by Gasteiger charge is -2.21. The standard InChI is InChI=1S/C14H24N4O2S2.HI/c1-12-6-7-13(21-12)22(19,20)17-9-8-16-14(15)18-10-4-2-3-5-11-18;/h6-7,17H,2-5,8-11H2,1H3,(H2,15,16);1H. The SMILES string of the molecule is Cc1ccc(S(=O)(=O)NCCN=C(N)N2CCCCCC2)s1.I. The van der Waals surface area contributed by atoms with Gasteiger partial charge in [0.1, 0.15) is 4.21 Å². The van der Waals surface area contributed by atoms with Gasteiger partial charge in [-0.3, -0.25) is 4.99 Å². The maximum atomic E-state index is 12.0. The molecule has 1 aliphatic rings. The van der Waals surface area contributed by atoms with Gasteiger partial charge >= 0.3 is 0 Å². The topological polar surface area (TPSA) is 87.8 Å². The third-order valence-electron chi connectivity index (χ3n) is 3.59. The maximum absolute atomic E-state index is 12.0. The number of aryl methyl sites for hydroxylation is 1. The summed E-state index contributed by atoms with van der Waals surface area (Å²) >= 11 is 1.26. The van der Waals surface area contributed by atoms with Gasteiger partial charge in [-0.1, -0.05) is 12.8 Å². The van der Waals surface area contributed by atoms with Gasteiger partial charge in [-0.2, -0.15) is 0 Å². The monoisotopic (exact) mass is 472 g/mol. The van der Waals surface area contributed by atoms with Crippen LogP contribution in [0.4, 0.5) is 0 Å². The Morgan fingerprint density at radius 1 is 1.30 bits per heavy atom. The first kappa shape index (κ1) is 20.7. The van der Waals surface area contributed by atoms with Crippen molar-refractivity contribution in [2.75, 3.05) is 26.2 Å². The fraction of sp³-hybridized carbons (Fsp3) is 0.643. The van der Waals surface area contributed by atoms with E-state index in [0.717, 1.165) is 30.8 Å². The van der Waals surface area contributed by atoms with Crippen molar-refractivity contribution in [3.63, 3.8) is 0 Å². The van der Waals surface area contributed by atoms with Gasteiger partial charge in [0.05, 0.1) is 6.54 Å². The molecule has 0 spiro atoms. The number of nitrogens with one attached hydrogen (secondary N) is 1. The average Bonchev–Trinajstić information content (AvgIpc) is 2.76. The Morgan fingerprint density at radius 2 is 1.96 bits per heavy atom. The first-order chi connectivity index (χ1) is 10.5. The Balaban J connectivity index is 0.00000264. The lowest BCUT2D eigenvalue weighted by molar-refractivity contribution is 0.428. The van der Waals surface area contributed by atoms with Crippen molar-refractivity contribution in [3.05, 3.63) is 17.0 Å². The van der Waals surface area contributed by atoms with Crippen LogP contribution >= 0.6 is 35.3 Å². The molecule has 6 nitrogen and oxygen atoms in total. The summed E-state index contributed by atoms with van der Waals surface area (Å²) in [6.45, 7) is 4.38. The van der Waals surface area contributed by atoms with Crippen LogP contribution in [0.1, 0.15) is 30.6 Å². The summed E-state index contributed by atoms with van der Waals surface area (Å²) in [5.41, 5.74) is 5.98. The molecule has 2 rings (SSSR count). The second-order valence-electron chi connectivity index (χ2n) is 5.40. The second-order valence-corrected chi connectivity index (χ2v) is 8.69. The minimum absolute atomic E-state index is 0. The van der Waals surface area contributed by atoms with E-state index < -0.39 is 10.0 Å². The number of hydrogen-bond donors (Lipinski definition) is 2. The summed E-state index contributed by atoms with van der Waals surface area (Å²) < 4.78 is 27.0. The van der Waals surface area contributed by atoms with Crippen molar-refractivity contribution in [1.82, 2.24) is 9.62 Å². The van der Waals surface area contributed by atoms with Crippen LogP contribution in [0, 0.1) is 6.92 Å². The lowest BCUT2D eigenvalue weighted by atomic mass is 10.2. The van der Waals surface area contributed by atoms with Crippen LogP contribution in [0.5, 0.6) is 0 Å². The summed E-state index contributed by atoms with van der Waals surface area (Å²) in [6, 6.07) is 3.42. The molecule has 0 radical (unpaired) electrons. The minimum atomic E-state index is -3.42. The molecule has 0 bridgehead atoms. The van der Waals surface area contributed by atoms with E-state index in [1.54, 1.807) is 12.1 Å². The quantitative estimate of drug-likeness (QED) is 0.298. The van der Waals surface area contributed by atoms with Crippen molar-refractivity contribution in [2.24, 2.45) is 10.7 Å². The number of nitrogens with two attached hydrogens (primary N) is 1. The van der Waals surface area contributed by atoms with Gasteiger partial charge in [0.15, 0.2) is 5.96 Å². The van der Waals surface area contributed by atoms with Gasteiger partial charge in [0.2, 0.25) is 10.0 Å². The molecule has 132 valence electrons. The Labute approximate surface area is 159 Å². The van der Waals surface area contributed by atoms with Crippen LogP contribution in [0.2, 0.25) is 0 Å². The Kier molecular flexibility index (Phi) is 8.80. The smallest absolute Gasteiger partial charge is 0.250 e. The van der Waals surface area contributed by atoms with E-state index in [2.05, 4.69) is 14.6 Å². The van der Waals surface area contributed by atoms with Crippen molar-refractivity contribution < 1.29 is 8.42 Å². The molecule has 23 heavy (non-hydrogen) atoms. The largest absolute Gasteiger partial charge is 0.370 e. The predicted molar refractivity (Wildman–Crippen MR) is 106 cm³/mol. The average molecular weight is 472 g/mol. The van der Waals surface area contributed by atoms with E-state index in [1.807, 2.05) is 6.92 Å². The molecular weight excluding hydrogens is 447 g/mol. The van der Waals surface area contributed by atoms with Crippen molar-refractivity contribution in [2.45, 2.75) is 36.8 Å². The number of rotatable bonds is 5. The lowest BCUT2D eigenvalue weighted by Crippen LogP contribution is -2.38. The molecule has 0 saturated carbocycles. The van der Waals surface area contributed by atoms with E-state index in [4.69, 9.17) is 5.73 Å². The van der Waals surface area contributed by atoms with Gasteiger partial charge < -0.3 is 10.6 Å². The van der Waals surface area contributed by atoms with Crippen molar-refractivity contribution >= 4 is 51.3 Å². The summed E-state index contributed by atoms with van der Waals surface area (Å²) in [4.78, 5) is 7.35. The van der Waals surface area contributed by atoms with Crippen LogP contribution in [0.3, 0.4) is 0 Å². The summed E-state index contributed by atoms with van der Waals surface area (Å²) in [5.74, 6) is 0.521. The van der Waals surface area contributed by atoms with Crippen molar-refractivity contribution in [1.29, 1.82) is 0 Å². The number of thiophene rings is 1. The normalized spacial score (nSPS) is 16.7. The third-order valence-corrected chi connectivity index (χ3v) is 6.54. The summed E-state index contributed by atoms with van der Waals surface area (Å²) in [7, 11) is -3.42. The van der Waals surface area contributed by atoms with Crippen LogP contribution < -0.4 is 10.5 Å². The first-order valence-corrected chi connectivity index (χ1v) is 9.90. The molecule has 0 aliphatic carbocycles. The van der Waals surface area contributed by atoms with Crippen LogP contribution in [-0.2, 0) is 10.0 Å². The highest BCUT2D eigenvalue weighted by atomic mass is 127. The molecule has 0 unspecified atom stereocenters. The number of likely N-dealkylation sites (tertiary alicyclic amines) is 1. The molecule has 0 aromatic carbocycles. The third kappa shape index (κ3) is 6.55. The fourth-order valence-corrected chi connectivity index (χ4v) is 4.73. The molecule has 2 heterocycles. The summed E-state index contributed by atoms with van der Waals surface area (Å²) in [6.07, 6.45) is 4.76. The van der Waals surface area contributed by atoms with Gasteiger partial charge in [-0.15, -0.1) is 35.3 Å². The van der Waals surface area contributed by atoms with Crippen LogP contribution in [-0.4, -0.2) is 45.5 Å². The number of guanidine groups is 1. The zero-order valence-corrected chi connectivity index (χ0v) is 17.3. The van der Waals surface area contributed by atoms with Crippen molar-refractivity contribution in [3.8, 4) is 0 Å². The molecule has 1 aliphatic heterocycles. The highest BCUT2D eigenvalue weighted by Gasteiger charge is 2.15. The molecule has 3 N–H and O–H groups in total. The zero-order valence-electron chi connectivity index (χ0n) is 13.3. The minimum Gasteiger partial charge on any atom is -0.370 e. The number of nitrogens with zero attached hydrogens (tertiary/aromatic N) is 2. The van der Waals surface area contributed by atoms with E-state index in [1.165, 1.54) is 24.2 Å². The molecule has 1 aromatic rings. The number of sulfonamides is 1. The van der Waals surface area contributed by atoms with E-state index in [0.29, 0.717) is 16.7 Å². The van der Waals surface area contributed by atoms with E-state index >= 15 is 0 Å². The van der Waals surface area contributed by atoms with Gasteiger partial charge in [-0.05, 0) is 31.9 Å².